The molecule has 1 aromatic carbocycles. The Labute approximate surface area is 107 Å². The van der Waals surface area contributed by atoms with Crippen molar-refractivity contribution in [3.63, 3.8) is 0 Å². The Kier molecular flexibility index (Phi) is 3.51. The van der Waals surface area contributed by atoms with Crippen molar-refractivity contribution in [2.24, 2.45) is 0 Å². The summed E-state index contributed by atoms with van der Waals surface area (Å²) in [5.74, 6) is 0.961. The number of aryl methyl sites for hydroxylation is 3. The lowest BCUT2D eigenvalue weighted by molar-refractivity contribution is 0.0995. The standard InChI is InChI=1S/C15H17NO2/c1-4-13-7-8-14(18-13)15(17)16-12-6-5-10(2)11(3)9-12/h5-9H,4H2,1-3H3,(H,16,17). The van der Waals surface area contributed by atoms with Crippen molar-refractivity contribution in [2.75, 3.05) is 5.32 Å². The fraction of sp³-hybridized carbons (Fsp3) is 0.267. The molecule has 2 aromatic rings. The molecule has 0 aliphatic carbocycles. The quantitative estimate of drug-likeness (QED) is 0.892. The zero-order valence-corrected chi connectivity index (χ0v) is 10.9. The predicted molar refractivity (Wildman–Crippen MR) is 72.0 cm³/mol. The smallest absolute Gasteiger partial charge is 0.291 e. The van der Waals surface area contributed by atoms with Crippen LogP contribution in [-0.4, -0.2) is 5.91 Å². The molecule has 1 heterocycles. The number of carbonyl (C=O) groups excluding carboxylic acids is 1. The van der Waals surface area contributed by atoms with Gasteiger partial charge in [0.05, 0.1) is 0 Å². The summed E-state index contributed by atoms with van der Waals surface area (Å²) in [6.07, 6.45) is 0.789. The van der Waals surface area contributed by atoms with E-state index in [0.717, 1.165) is 23.4 Å². The SMILES string of the molecule is CCc1ccc(C(=O)Nc2ccc(C)c(C)c2)o1. The Morgan fingerprint density at radius 2 is 1.94 bits per heavy atom. The highest BCUT2D eigenvalue weighted by Gasteiger charge is 2.11. The third kappa shape index (κ3) is 2.62. The maximum absolute atomic E-state index is 11.9. The van der Waals surface area contributed by atoms with E-state index in [4.69, 9.17) is 4.42 Å². The molecule has 0 unspecified atom stereocenters. The molecular weight excluding hydrogens is 226 g/mol. The molecule has 0 aliphatic heterocycles. The molecule has 3 nitrogen and oxygen atoms in total. The van der Waals surface area contributed by atoms with Crippen LogP contribution in [0.15, 0.2) is 34.7 Å². The van der Waals surface area contributed by atoms with Gasteiger partial charge in [0, 0.05) is 12.1 Å². The topological polar surface area (TPSA) is 42.2 Å². The number of anilines is 1. The summed E-state index contributed by atoms with van der Waals surface area (Å²) in [6.45, 7) is 6.05. The van der Waals surface area contributed by atoms with Crippen LogP contribution in [0.5, 0.6) is 0 Å². The number of benzene rings is 1. The zero-order valence-electron chi connectivity index (χ0n) is 10.9. The van der Waals surface area contributed by atoms with Crippen LogP contribution in [0.4, 0.5) is 5.69 Å². The maximum atomic E-state index is 11.9. The van der Waals surface area contributed by atoms with Crippen LogP contribution in [0.2, 0.25) is 0 Å². The Balaban J connectivity index is 2.13. The second kappa shape index (κ2) is 5.08. The zero-order chi connectivity index (χ0) is 13.1. The summed E-state index contributed by atoms with van der Waals surface area (Å²) in [5.41, 5.74) is 3.15. The highest BCUT2D eigenvalue weighted by molar-refractivity contribution is 6.02. The maximum Gasteiger partial charge on any atom is 0.291 e. The molecular formula is C15H17NO2. The fourth-order valence-electron chi connectivity index (χ4n) is 1.70. The van der Waals surface area contributed by atoms with Crippen molar-refractivity contribution in [3.05, 3.63) is 53.0 Å². The van der Waals surface area contributed by atoms with Gasteiger partial charge in [-0.1, -0.05) is 13.0 Å². The van der Waals surface area contributed by atoms with E-state index in [1.807, 2.05) is 45.0 Å². The summed E-state index contributed by atoms with van der Waals surface area (Å²) < 4.78 is 5.41. The first kappa shape index (κ1) is 12.4. The van der Waals surface area contributed by atoms with Crippen molar-refractivity contribution >= 4 is 11.6 Å². The van der Waals surface area contributed by atoms with E-state index in [1.54, 1.807) is 6.07 Å². The van der Waals surface area contributed by atoms with Crippen LogP contribution in [0.3, 0.4) is 0 Å². The van der Waals surface area contributed by atoms with Crippen molar-refractivity contribution in [1.82, 2.24) is 0 Å². The largest absolute Gasteiger partial charge is 0.456 e. The van der Waals surface area contributed by atoms with E-state index >= 15 is 0 Å². The van der Waals surface area contributed by atoms with Crippen molar-refractivity contribution in [1.29, 1.82) is 0 Å². The van der Waals surface area contributed by atoms with Gasteiger partial charge in [0.2, 0.25) is 0 Å². The molecule has 2 rings (SSSR count). The summed E-state index contributed by atoms with van der Waals surface area (Å²) in [5, 5.41) is 2.83. The predicted octanol–water partition coefficient (Wildman–Crippen LogP) is 3.71. The van der Waals surface area contributed by atoms with Crippen molar-refractivity contribution in [3.8, 4) is 0 Å². The molecule has 0 radical (unpaired) electrons. The molecule has 0 aliphatic rings. The highest BCUT2D eigenvalue weighted by atomic mass is 16.3. The van der Waals surface area contributed by atoms with Crippen LogP contribution < -0.4 is 5.32 Å². The number of furan rings is 1. The third-order valence-corrected chi connectivity index (χ3v) is 3.00. The molecule has 94 valence electrons. The second-order valence-corrected chi connectivity index (χ2v) is 4.37. The van der Waals surface area contributed by atoms with E-state index in [1.165, 1.54) is 5.56 Å². The van der Waals surface area contributed by atoms with Gasteiger partial charge < -0.3 is 9.73 Å². The molecule has 0 fully saturated rings. The van der Waals surface area contributed by atoms with Gasteiger partial charge in [0.25, 0.3) is 5.91 Å². The molecule has 18 heavy (non-hydrogen) atoms. The van der Waals surface area contributed by atoms with Crippen molar-refractivity contribution < 1.29 is 9.21 Å². The fourth-order valence-corrected chi connectivity index (χ4v) is 1.70. The Hall–Kier alpha value is -2.03. The molecule has 0 spiro atoms. The molecule has 0 saturated heterocycles. The van der Waals surface area contributed by atoms with Gasteiger partial charge in [-0.15, -0.1) is 0 Å². The van der Waals surface area contributed by atoms with Gasteiger partial charge >= 0.3 is 0 Å². The highest BCUT2D eigenvalue weighted by Crippen LogP contribution is 2.16. The van der Waals surface area contributed by atoms with Crippen LogP contribution in [-0.2, 0) is 6.42 Å². The van der Waals surface area contributed by atoms with Gasteiger partial charge in [-0.2, -0.15) is 0 Å². The number of nitrogens with one attached hydrogen (secondary N) is 1. The van der Waals surface area contributed by atoms with E-state index in [9.17, 15) is 4.79 Å². The first-order valence-electron chi connectivity index (χ1n) is 6.07. The Morgan fingerprint density at radius 1 is 1.17 bits per heavy atom. The van der Waals surface area contributed by atoms with Crippen LogP contribution >= 0.6 is 0 Å². The van der Waals surface area contributed by atoms with Gasteiger partial charge in [0.1, 0.15) is 5.76 Å². The first-order valence-corrected chi connectivity index (χ1v) is 6.07. The van der Waals surface area contributed by atoms with Gasteiger partial charge in [0.15, 0.2) is 5.76 Å². The minimum absolute atomic E-state index is 0.210. The number of rotatable bonds is 3. The van der Waals surface area contributed by atoms with Crippen LogP contribution in [0.1, 0.15) is 34.4 Å². The molecule has 0 saturated carbocycles. The average Bonchev–Trinajstić information content (AvgIpc) is 2.82. The molecule has 0 atom stereocenters. The van der Waals surface area contributed by atoms with Crippen LogP contribution in [0, 0.1) is 13.8 Å². The second-order valence-electron chi connectivity index (χ2n) is 4.37. The van der Waals surface area contributed by atoms with Gasteiger partial charge in [-0.3, -0.25) is 4.79 Å². The summed E-state index contributed by atoms with van der Waals surface area (Å²) >= 11 is 0. The van der Waals surface area contributed by atoms with Crippen molar-refractivity contribution in [2.45, 2.75) is 27.2 Å². The minimum Gasteiger partial charge on any atom is -0.456 e. The lowest BCUT2D eigenvalue weighted by Crippen LogP contribution is -2.11. The van der Waals surface area contributed by atoms with E-state index < -0.39 is 0 Å². The molecule has 0 bridgehead atoms. The number of carbonyl (C=O) groups is 1. The molecule has 1 amide bonds. The number of hydrogen-bond donors (Lipinski definition) is 1. The summed E-state index contributed by atoms with van der Waals surface area (Å²) in [4.78, 5) is 11.9. The van der Waals surface area contributed by atoms with E-state index in [2.05, 4.69) is 5.32 Å². The number of hydrogen-bond acceptors (Lipinski definition) is 2. The third-order valence-electron chi connectivity index (χ3n) is 3.00. The van der Waals surface area contributed by atoms with Gasteiger partial charge in [-0.05, 0) is 49.2 Å². The number of amides is 1. The van der Waals surface area contributed by atoms with E-state index in [0.29, 0.717) is 5.76 Å². The van der Waals surface area contributed by atoms with E-state index in [-0.39, 0.29) is 5.91 Å². The Morgan fingerprint density at radius 3 is 2.56 bits per heavy atom. The molecule has 1 N–H and O–H groups in total. The lowest BCUT2D eigenvalue weighted by atomic mass is 10.1. The molecule has 3 heteroatoms. The summed E-state index contributed by atoms with van der Waals surface area (Å²) in [6, 6.07) is 9.37. The summed E-state index contributed by atoms with van der Waals surface area (Å²) in [7, 11) is 0. The minimum atomic E-state index is -0.210. The van der Waals surface area contributed by atoms with Gasteiger partial charge in [-0.25, -0.2) is 0 Å². The normalized spacial score (nSPS) is 10.4. The first-order chi connectivity index (χ1) is 8.60. The molecule has 1 aromatic heterocycles. The van der Waals surface area contributed by atoms with Crippen LogP contribution in [0.25, 0.3) is 0 Å². The lowest BCUT2D eigenvalue weighted by Gasteiger charge is -2.06. The Bertz CT molecular complexity index is 570. The average molecular weight is 243 g/mol. The monoisotopic (exact) mass is 243 g/mol.